The zero-order valence-corrected chi connectivity index (χ0v) is 13.9. The van der Waals surface area contributed by atoms with Gasteiger partial charge in [0.15, 0.2) is 5.16 Å². The first-order valence-corrected chi connectivity index (χ1v) is 7.32. The van der Waals surface area contributed by atoms with E-state index >= 15 is 0 Å². The molecule has 1 aromatic heterocycles. The fourth-order valence-corrected chi connectivity index (χ4v) is 2.68. The molecule has 0 amide bonds. The summed E-state index contributed by atoms with van der Waals surface area (Å²) in [5.41, 5.74) is -0.801. The maximum atomic E-state index is 13.7. The minimum Gasteiger partial charge on any atom is -0.313 e. The first kappa shape index (κ1) is 19.7. The Hall–Kier alpha value is -1.32. The van der Waals surface area contributed by atoms with Crippen LogP contribution in [-0.2, 0) is 25.5 Å². The van der Waals surface area contributed by atoms with E-state index in [-0.39, 0.29) is 23.7 Å². The Balaban J connectivity index is 0.00000264. The van der Waals surface area contributed by atoms with Crippen LogP contribution in [0.2, 0.25) is 0 Å². The number of alkyl halides is 3. The number of halogens is 5. The van der Waals surface area contributed by atoms with Gasteiger partial charge in [-0.05, 0) is 24.7 Å². The lowest BCUT2D eigenvalue weighted by atomic mass is 10.1. The molecule has 0 aliphatic rings. The van der Waals surface area contributed by atoms with Gasteiger partial charge in [-0.15, -0.1) is 22.6 Å². The molecule has 4 nitrogen and oxygen atoms in total. The summed E-state index contributed by atoms with van der Waals surface area (Å²) in [5, 5.41) is 11.5. The Morgan fingerprint density at radius 1 is 1.26 bits per heavy atom. The van der Waals surface area contributed by atoms with Gasteiger partial charge < -0.3 is 9.88 Å². The second kappa shape index (κ2) is 7.98. The van der Waals surface area contributed by atoms with Crippen molar-refractivity contribution >= 4 is 24.2 Å². The minimum absolute atomic E-state index is 0. The van der Waals surface area contributed by atoms with Crippen LogP contribution >= 0.6 is 24.2 Å². The lowest BCUT2D eigenvalue weighted by Gasteiger charge is -2.09. The summed E-state index contributed by atoms with van der Waals surface area (Å²) in [6.07, 6.45) is -4.54. The number of hydrogen-bond donors (Lipinski definition) is 1. The molecule has 0 radical (unpaired) electrons. The van der Waals surface area contributed by atoms with Gasteiger partial charge in [0.1, 0.15) is 11.6 Å². The molecule has 0 saturated heterocycles. The molecular weight excluding hydrogens is 356 g/mol. The fourth-order valence-electron chi connectivity index (χ4n) is 1.77. The van der Waals surface area contributed by atoms with Crippen LogP contribution in [0.25, 0.3) is 0 Å². The molecule has 0 aliphatic heterocycles. The maximum absolute atomic E-state index is 13.7. The average molecular weight is 371 g/mol. The Labute approximate surface area is 141 Å². The van der Waals surface area contributed by atoms with E-state index in [1.165, 1.54) is 11.8 Å². The quantitative estimate of drug-likeness (QED) is 0.647. The minimum atomic E-state index is -4.54. The Morgan fingerprint density at radius 3 is 2.52 bits per heavy atom. The summed E-state index contributed by atoms with van der Waals surface area (Å²) in [5.74, 6) is 0.0213. The maximum Gasteiger partial charge on any atom is 0.416 e. The normalized spacial score (nSPS) is 11.4. The van der Waals surface area contributed by atoms with Gasteiger partial charge in [-0.2, -0.15) is 13.2 Å². The largest absolute Gasteiger partial charge is 0.416 e. The van der Waals surface area contributed by atoms with E-state index in [9.17, 15) is 17.6 Å². The van der Waals surface area contributed by atoms with Gasteiger partial charge >= 0.3 is 6.18 Å². The van der Waals surface area contributed by atoms with Gasteiger partial charge in [0.2, 0.25) is 0 Å². The third-order valence-corrected chi connectivity index (χ3v) is 4.07. The van der Waals surface area contributed by atoms with Crippen molar-refractivity contribution in [3.05, 3.63) is 41.0 Å². The van der Waals surface area contributed by atoms with Gasteiger partial charge in [-0.25, -0.2) is 4.39 Å². The first-order valence-electron chi connectivity index (χ1n) is 6.34. The van der Waals surface area contributed by atoms with Crippen LogP contribution in [0.5, 0.6) is 0 Å². The second-order valence-electron chi connectivity index (χ2n) is 4.58. The van der Waals surface area contributed by atoms with E-state index in [4.69, 9.17) is 0 Å². The highest BCUT2D eigenvalue weighted by molar-refractivity contribution is 7.98. The third-order valence-electron chi connectivity index (χ3n) is 3.00. The van der Waals surface area contributed by atoms with Crippen molar-refractivity contribution in [1.82, 2.24) is 20.1 Å². The number of thioether (sulfide) groups is 1. The van der Waals surface area contributed by atoms with Crippen molar-refractivity contribution in [3.63, 3.8) is 0 Å². The molecule has 23 heavy (non-hydrogen) atoms. The number of rotatable bonds is 5. The summed E-state index contributed by atoms with van der Waals surface area (Å²) in [4.78, 5) is 0. The lowest BCUT2D eigenvalue weighted by molar-refractivity contribution is -0.137. The van der Waals surface area contributed by atoms with E-state index in [2.05, 4.69) is 15.5 Å². The zero-order chi connectivity index (χ0) is 16.3. The van der Waals surface area contributed by atoms with Crippen molar-refractivity contribution < 1.29 is 17.6 Å². The van der Waals surface area contributed by atoms with Crippen LogP contribution in [0, 0.1) is 5.82 Å². The highest BCUT2D eigenvalue weighted by atomic mass is 35.5. The highest BCUT2D eigenvalue weighted by Gasteiger charge is 2.31. The number of nitrogens with one attached hydrogen (secondary N) is 1. The summed E-state index contributed by atoms with van der Waals surface area (Å²) < 4.78 is 52.9. The average Bonchev–Trinajstić information content (AvgIpc) is 2.78. The molecule has 1 N–H and O–H groups in total. The van der Waals surface area contributed by atoms with Gasteiger partial charge in [-0.1, -0.05) is 17.8 Å². The molecule has 0 fully saturated rings. The Bertz CT molecular complexity index is 660. The van der Waals surface area contributed by atoms with Gasteiger partial charge in [0, 0.05) is 12.8 Å². The summed E-state index contributed by atoms with van der Waals surface area (Å²) >= 11 is 1.21. The fraction of sp³-hybridized carbons (Fsp3) is 0.385. The summed E-state index contributed by atoms with van der Waals surface area (Å²) in [6, 6.07) is 2.54. The molecular formula is C13H15ClF4N4S. The van der Waals surface area contributed by atoms with Crippen molar-refractivity contribution in [2.24, 2.45) is 7.05 Å². The third kappa shape index (κ3) is 4.82. The predicted octanol–water partition coefficient (Wildman–Crippen LogP) is 3.41. The standard InChI is InChI=1S/C13H14F4N4S.ClH/c1-18-6-11-19-20-12(21(11)2)22-7-8-3-4-9(5-10(8)14)13(15,16)17;/h3-5,18H,6-7H2,1-2H3;1H. The predicted molar refractivity (Wildman–Crippen MR) is 82.0 cm³/mol. The molecule has 10 heteroatoms. The Kier molecular flexibility index (Phi) is 6.84. The van der Waals surface area contributed by atoms with Crippen LogP contribution in [0.1, 0.15) is 17.0 Å². The Morgan fingerprint density at radius 2 is 1.96 bits per heavy atom. The number of nitrogens with zero attached hydrogens (tertiary/aromatic N) is 3. The van der Waals surface area contributed by atoms with E-state index in [0.29, 0.717) is 17.8 Å². The van der Waals surface area contributed by atoms with E-state index in [1.807, 2.05) is 0 Å². The van der Waals surface area contributed by atoms with Gasteiger partial charge in [0.05, 0.1) is 12.1 Å². The van der Waals surface area contributed by atoms with E-state index in [1.54, 1.807) is 18.7 Å². The van der Waals surface area contributed by atoms with Crippen LogP contribution < -0.4 is 5.32 Å². The van der Waals surface area contributed by atoms with Crippen molar-refractivity contribution in [1.29, 1.82) is 0 Å². The topological polar surface area (TPSA) is 42.7 Å². The summed E-state index contributed by atoms with van der Waals surface area (Å²) in [7, 11) is 3.55. The molecule has 2 aromatic rings. The van der Waals surface area contributed by atoms with Crippen LogP contribution in [-0.4, -0.2) is 21.8 Å². The van der Waals surface area contributed by atoms with Gasteiger partial charge in [0.25, 0.3) is 0 Å². The van der Waals surface area contributed by atoms with Crippen LogP contribution in [0.3, 0.4) is 0 Å². The molecule has 0 unspecified atom stereocenters. The SMILES string of the molecule is CNCc1nnc(SCc2ccc(C(F)(F)F)cc2F)n1C.Cl. The zero-order valence-electron chi connectivity index (χ0n) is 12.3. The van der Waals surface area contributed by atoms with Crippen molar-refractivity contribution in [2.45, 2.75) is 23.6 Å². The number of benzene rings is 1. The second-order valence-corrected chi connectivity index (χ2v) is 5.52. The van der Waals surface area contributed by atoms with Gasteiger partial charge in [-0.3, -0.25) is 0 Å². The molecule has 0 bridgehead atoms. The summed E-state index contributed by atoms with van der Waals surface area (Å²) in [6.45, 7) is 0.540. The van der Waals surface area contributed by atoms with Crippen LogP contribution in [0.4, 0.5) is 17.6 Å². The number of aromatic nitrogens is 3. The molecule has 0 aliphatic carbocycles. The highest BCUT2D eigenvalue weighted by Crippen LogP contribution is 2.31. The first-order chi connectivity index (χ1) is 10.3. The van der Waals surface area contributed by atoms with Crippen molar-refractivity contribution in [3.8, 4) is 0 Å². The molecule has 1 aromatic carbocycles. The molecule has 128 valence electrons. The molecule has 0 saturated carbocycles. The number of hydrogen-bond acceptors (Lipinski definition) is 4. The molecule has 2 rings (SSSR count). The molecule has 0 spiro atoms. The smallest absolute Gasteiger partial charge is 0.313 e. The molecule has 0 atom stereocenters. The monoisotopic (exact) mass is 370 g/mol. The molecule has 1 heterocycles. The van der Waals surface area contributed by atoms with E-state index in [0.717, 1.165) is 18.0 Å². The van der Waals surface area contributed by atoms with E-state index < -0.39 is 17.6 Å². The lowest BCUT2D eigenvalue weighted by Crippen LogP contribution is -2.10. The van der Waals surface area contributed by atoms with Crippen LogP contribution in [0.15, 0.2) is 23.4 Å². The van der Waals surface area contributed by atoms with Crippen molar-refractivity contribution in [2.75, 3.05) is 7.05 Å².